The van der Waals surface area contributed by atoms with E-state index in [2.05, 4.69) is 21.8 Å². The van der Waals surface area contributed by atoms with Crippen LogP contribution in [0.4, 0.5) is 4.79 Å². The first-order chi connectivity index (χ1) is 11.1. The average Bonchev–Trinajstić information content (AvgIpc) is 3.04. The number of nitrogens with zero attached hydrogens (tertiary/aromatic N) is 3. The van der Waals surface area contributed by atoms with Crippen molar-refractivity contribution in [2.24, 2.45) is 11.3 Å². The minimum Gasteiger partial charge on any atom is -0.384 e. The molecule has 2 amide bonds. The van der Waals surface area contributed by atoms with E-state index in [4.69, 9.17) is 4.74 Å². The molecule has 2 aliphatic rings. The number of urea groups is 1. The van der Waals surface area contributed by atoms with Gasteiger partial charge in [0.2, 0.25) is 0 Å². The maximum atomic E-state index is 12.6. The lowest BCUT2D eigenvalue weighted by Crippen LogP contribution is -2.52. The van der Waals surface area contributed by atoms with E-state index in [0.29, 0.717) is 12.0 Å². The van der Waals surface area contributed by atoms with E-state index in [1.54, 1.807) is 13.3 Å². The smallest absolute Gasteiger partial charge is 0.317 e. The van der Waals surface area contributed by atoms with E-state index in [1.165, 1.54) is 6.42 Å². The number of likely N-dealkylation sites (tertiary alicyclic amines) is 1. The largest absolute Gasteiger partial charge is 0.384 e. The molecule has 2 fully saturated rings. The highest BCUT2D eigenvalue weighted by Crippen LogP contribution is 2.40. The second kappa shape index (κ2) is 6.91. The molecule has 0 radical (unpaired) electrons. The molecule has 2 atom stereocenters. The van der Waals surface area contributed by atoms with E-state index in [9.17, 15) is 4.79 Å². The molecule has 1 aliphatic heterocycles. The monoisotopic (exact) mass is 320 g/mol. The fourth-order valence-electron chi connectivity index (χ4n) is 3.82. The summed E-state index contributed by atoms with van der Waals surface area (Å²) in [6.45, 7) is 5.29. The Labute approximate surface area is 138 Å². The third kappa shape index (κ3) is 3.52. The van der Waals surface area contributed by atoms with Gasteiger partial charge in [0.05, 0.1) is 19.0 Å². The molecule has 1 aromatic rings. The van der Waals surface area contributed by atoms with Crippen LogP contribution in [-0.4, -0.2) is 53.8 Å². The van der Waals surface area contributed by atoms with Crippen LogP contribution >= 0.6 is 0 Å². The number of methoxy groups -OCH3 is 1. The minimum absolute atomic E-state index is 0.0596. The molecular formula is C17H28N4O2. The van der Waals surface area contributed by atoms with E-state index in [-0.39, 0.29) is 11.4 Å². The summed E-state index contributed by atoms with van der Waals surface area (Å²) in [5.74, 6) is 0.555. The van der Waals surface area contributed by atoms with Crippen LogP contribution in [0, 0.1) is 11.3 Å². The molecule has 6 heteroatoms. The van der Waals surface area contributed by atoms with Crippen molar-refractivity contribution >= 4 is 6.03 Å². The molecule has 3 rings (SSSR count). The summed E-state index contributed by atoms with van der Waals surface area (Å²) in [7, 11) is 1.74. The quantitative estimate of drug-likeness (QED) is 0.905. The van der Waals surface area contributed by atoms with Gasteiger partial charge in [0, 0.05) is 44.6 Å². The summed E-state index contributed by atoms with van der Waals surface area (Å²) in [4.78, 5) is 18.6. The second-order valence-corrected chi connectivity index (χ2v) is 7.23. The fraction of sp³-hybridized carbons (Fsp3) is 0.765. The van der Waals surface area contributed by atoms with Crippen molar-refractivity contribution < 1.29 is 9.53 Å². The lowest BCUT2D eigenvalue weighted by atomic mass is 9.69. The number of imidazole rings is 1. The molecule has 1 aromatic heterocycles. The van der Waals surface area contributed by atoms with Crippen LogP contribution in [0.5, 0.6) is 0 Å². The fourth-order valence-corrected chi connectivity index (χ4v) is 3.82. The summed E-state index contributed by atoms with van der Waals surface area (Å²) in [5, 5.41) is 3.14. The number of ether oxygens (including phenoxy) is 1. The van der Waals surface area contributed by atoms with Crippen molar-refractivity contribution in [3.05, 3.63) is 18.7 Å². The molecular weight excluding hydrogens is 292 g/mol. The molecule has 128 valence electrons. The van der Waals surface area contributed by atoms with Gasteiger partial charge in [-0.2, -0.15) is 0 Å². The van der Waals surface area contributed by atoms with Gasteiger partial charge in [-0.05, 0) is 25.2 Å². The number of nitrogens with one attached hydrogen (secondary N) is 1. The first-order valence-electron chi connectivity index (χ1n) is 8.63. The number of piperidine rings is 1. The first kappa shape index (κ1) is 16.3. The number of hydrogen-bond donors (Lipinski definition) is 1. The lowest BCUT2D eigenvalue weighted by molar-refractivity contribution is 0.0185. The summed E-state index contributed by atoms with van der Waals surface area (Å²) in [6.07, 6.45) is 10.2. The van der Waals surface area contributed by atoms with Crippen LogP contribution < -0.4 is 5.32 Å². The van der Waals surface area contributed by atoms with Gasteiger partial charge in [0.25, 0.3) is 0 Å². The number of carbonyl (C=O) groups is 1. The molecule has 0 aromatic carbocycles. The molecule has 23 heavy (non-hydrogen) atoms. The molecule has 0 spiro atoms. The van der Waals surface area contributed by atoms with Crippen molar-refractivity contribution in [1.82, 2.24) is 19.8 Å². The molecule has 0 unspecified atom stereocenters. The Morgan fingerprint density at radius 1 is 1.48 bits per heavy atom. The molecule has 1 aliphatic carbocycles. The zero-order chi connectivity index (χ0) is 16.3. The number of carbonyl (C=O) groups excluding carboxylic acids is 1. The third-order valence-electron chi connectivity index (χ3n) is 5.59. The second-order valence-electron chi connectivity index (χ2n) is 7.23. The lowest BCUT2D eigenvalue weighted by Gasteiger charge is -2.42. The molecule has 6 nitrogen and oxygen atoms in total. The van der Waals surface area contributed by atoms with E-state index in [0.717, 1.165) is 45.5 Å². The number of rotatable bonds is 5. The van der Waals surface area contributed by atoms with E-state index < -0.39 is 0 Å². The first-order valence-corrected chi connectivity index (χ1v) is 8.63. The molecule has 1 N–H and O–H groups in total. The molecule has 2 heterocycles. The van der Waals surface area contributed by atoms with Crippen LogP contribution in [0.3, 0.4) is 0 Å². The van der Waals surface area contributed by atoms with Gasteiger partial charge in [-0.25, -0.2) is 9.78 Å². The Morgan fingerprint density at radius 2 is 2.30 bits per heavy atom. The highest BCUT2D eigenvalue weighted by atomic mass is 16.5. The average molecular weight is 320 g/mol. The number of hydrogen-bond acceptors (Lipinski definition) is 3. The zero-order valence-electron chi connectivity index (χ0n) is 14.2. The maximum absolute atomic E-state index is 12.6. The van der Waals surface area contributed by atoms with Gasteiger partial charge in [-0.1, -0.05) is 13.3 Å². The Bertz CT molecular complexity index is 513. The number of amides is 2. The maximum Gasteiger partial charge on any atom is 0.317 e. The Morgan fingerprint density at radius 3 is 2.91 bits per heavy atom. The predicted molar refractivity (Wildman–Crippen MR) is 88.2 cm³/mol. The van der Waals surface area contributed by atoms with Crippen molar-refractivity contribution in [1.29, 1.82) is 0 Å². The molecule has 1 saturated heterocycles. The van der Waals surface area contributed by atoms with Gasteiger partial charge in [-0.15, -0.1) is 0 Å². The van der Waals surface area contributed by atoms with Crippen LogP contribution in [0.25, 0.3) is 0 Å². The molecule has 0 bridgehead atoms. The van der Waals surface area contributed by atoms with E-state index in [1.807, 2.05) is 17.4 Å². The van der Waals surface area contributed by atoms with Crippen molar-refractivity contribution in [2.75, 3.05) is 33.4 Å². The van der Waals surface area contributed by atoms with Gasteiger partial charge < -0.3 is 19.5 Å². The SMILES string of the molecule is COCC1(CNC(=O)N2CC[C@@H](C)[C@@H](n3ccnc3)C2)CCC1. The van der Waals surface area contributed by atoms with Crippen LogP contribution in [0.15, 0.2) is 18.7 Å². The van der Waals surface area contributed by atoms with Crippen LogP contribution in [0.1, 0.15) is 38.6 Å². The van der Waals surface area contributed by atoms with Crippen LogP contribution in [-0.2, 0) is 4.74 Å². The standard InChI is InChI=1S/C17H28N4O2/c1-14-4-8-20(10-15(14)21-9-7-18-13-21)16(22)19-11-17(12-23-2)5-3-6-17/h7,9,13-15H,3-6,8,10-12H2,1-2H3,(H,19,22)/t14-,15+/m1/s1. The van der Waals surface area contributed by atoms with Crippen molar-refractivity contribution in [3.63, 3.8) is 0 Å². The van der Waals surface area contributed by atoms with Gasteiger partial charge >= 0.3 is 6.03 Å². The topological polar surface area (TPSA) is 59.4 Å². The van der Waals surface area contributed by atoms with Crippen molar-refractivity contribution in [3.8, 4) is 0 Å². The number of aromatic nitrogens is 2. The zero-order valence-corrected chi connectivity index (χ0v) is 14.2. The normalized spacial score (nSPS) is 26.6. The van der Waals surface area contributed by atoms with Gasteiger partial charge in [0.15, 0.2) is 0 Å². The van der Waals surface area contributed by atoms with Gasteiger partial charge in [-0.3, -0.25) is 0 Å². The third-order valence-corrected chi connectivity index (χ3v) is 5.59. The predicted octanol–water partition coefficient (Wildman–Crippen LogP) is 2.29. The van der Waals surface area contributed by atoms with Gasteiger partial charge in [0.1, 0.15) is 0 Å². The highest BCUT2D eigenvalue weighted by molar-refractivity contribution is 5.74. The summed E-state index contributed by atoms with van der Waals surface area (Å²) >= 11 is 0. The Hall–Kier alpha value is -1.56. The van der Waals surface area contributed by atoms with E-state index >= 15 is 0 Å². The van der Waals surface area contributed by atoms with Crippen LogP contribution in [0.2, 0.25) is 0 Å². The summed E-state index contributed by atoms with van der Waals surface area (Å²) < 4.78 is 7.46. The minimum atomic E-state index is 0.0596. The molecule has 1 saturated carbocycles. The Balaban J connectivity index is 1.55. The summed E-state index contributed by atoms with van der Waals surface area (Å²) in [5.41, 5.74) is 0.164. The summed E-state index contributed by atoms with van der Waals surface area (Å²) in [6, 6.07) is 0.373. The Kier molecular flexibility index (Phi) is 4.90. The highest BCUT2D eigenvalue weighted by Gasteiger charge is 2.38. The van der Waals surface area contributed by atoms with Crippen molar-refractivity contribution in [2.45, 2.75) is 38.6 Å².